The van der Waals surface area contributed by atoms with Crippen LogP contribution in [-0.4, -0.2) is 62.2 Å². The second-order valence-electron chi connectivity index (χ2n) is 4.86. The molecule has 0 aliphatic carbocycles. The molecule has 0 unspecified atom stereocenters. The molecule has 22 heavy (non-hydrogen) atoms. The van der Waals surface area contributed by atoms with Gasteiger partial charge in [0.1, 0.15) is 0 Å². The van der Waals surface area contributed by atoms with Gasteiger partial charge in [0.15, 0.2) is 5.96 Å². The molecule has 0 saturated heterocycles. The number of aromatic nitrogens is 1. The smallest absolute Gasteiger partial charge is 0.239 e. The molecule has 8 heteroatoms. The van der Waals surface area contributed by atoms with E-state index in [0.29, 0.717) is 30.7 Å². The Balaban J connectivity index is 2.46. The molecule has 1 aromatic rings. The molecule has 124 valence electrons. The summed E-state index contributed by atoms with van der Waals surface area (Å²) >= 11 is 5.98. The fourth-order valence-electron chi connectivity index (χ4n) is 1.94. The van der Waals surface area contributed by atoms with Gasteiger partial charge in [0.25, 0.3) is 0 Å². The number of halogens is 1. The molecule has 0 atom stereocenters. The molecule has 1 rings (SSSR count). The van der Waals surface area contributed by atoms with Crippen LogP contribution < -0.4 is 10.6 Å². The Morgan fingerprint density at radius 1 is 1.50 bits per heavy atom. The summed E-state index contributed by atoms with van der Waals surface area (Å²) in [6, 6.07) is 1.91. The van der Waals surface area contributed by atoms with Crippen LogP contribution in [0.25, 0.3) is 0 Å². The molecule has 0 fully saturated rings. The van der Waals surface area contributed by atoms with Crippen LogP contribution in [0.2, 0.25) is 5.02 Å². The second-order valence-corrected chi connectivity index (χ2v) is 5.30. The van der Waals surface area contributed by atoms with E-state index >= 15 is 0 Å². The first-order valence-corrected chi connectivity index (χ1v) is 7.34. The van der Waals surface area contributed by atoms with E-state index in [4.69, 9.17) is 16.3 Å². The summed E-state index contributed by atoms with van der Waals surface area (Å²) in [7, 11) is 7.12. The predicted molar refractivity (Wildman–Crippen MR) is 88.1 cm³/mol. The molecule has 1 heterocycles. The average Bonchev–Trinajstić information content (AvgIpc) is 2.77. The zero-order valence-electron chi connectivity index (χ0n) is 13.5. The molecule has 0 aliphatic heterocycles. The maximum Gasteiger partial charge on any atom is 0.239 e. The lowest BCUT2D eigenvalue weighted by atomic mass is 10.4. The van der Waals surface area contributed by atoms with Crippen molar-refractivity contribution in [2.75, 3.05) is 40.9 Å². The molecule has 0 aliphatic rings. The van der Waals surface area contributed by atoms with Crippen molar-refractivity contribution in [2.24, 2.45) is 12.0 Å². The number of nitrogens with one attached hydrogen (secondary N) is 2. The monoisotopic (exact) mass is 329 g/mol. The fourth-order valence-corrected chi connectivity index (χ4v) is 2.21. The van der Waals surface area contributed by atoms with E-state index in [1.165, 1.54) is 0 Å². The highest BCUT2D eigenvalue weighted by molar-refractivity contribution is 6.30. The lowest BCUT2D eigenvalue weighted by Crippen LogP contribution is -2.44. The maximum atomic E-state index is 11.7. The van der Waals surface area contributed by atoms with Crippen LogP contribution in [0.5, 0.6) is 0 Å². The molecule has 7 nitrogen and oxygen atoms in total. The molecule has 1 aromatic heterocycles. The van der Waals surface area contributed by atoms with Gasteiger partial charge >= 0.3 is 0 Å². The predicted octanol–water partition coefficient (Wildman–Crippen LogP) is 0.448. The highest BCUT2D eigenvalue weighted by Gasteiger charge is 2.10. The highest BCUT2D eigenvalue weighted by Crippen LogP contribution is 2.14. The first kappa shape index (κ1) is 18.3. The fraction of sp³-hybridized carbons (Fsp3) is 0.571. The molecule has 0 saturated carbocycles. The second kappa shape index (κ2) is 9.32. The number of nitrogens with zero attached hydrogens (tertiary/aromatic N) is 3. The molecule has 0 bridgehead atoms. The summed E-state index contributed by atoms with van der Waals surface area (Å²) in [6.07, 6.45) is 1.85. The van der Waals surface area contributed by atoms with Gasteiger partial charge in [0, 0.05) is 46.7 Å². The third-order valence-corrected chi connectivity index (χ3v) is 3.29. The van der Waals surface area contributed by atoms with Crippen LogP contribution in [-0.2, 0) is 23.1 Å². The number of carbonyl (C=O) groups excluding carboxylic acids is 1. The number of hydrogen-bond acceptors (Lipinski definition) is 3. The zero-order chi connectivity index (χ0) is 16.5. The lowest BCUT2D eigenvalue weighted by Gasteiger charge is -2.22. The van der Waals surface area contributed by atoms with E-state index in [1.807, 2.05) is 35.8 Å². The molecule has 1 amide bonds. The molecule has 2 N–H and O–H groups in total. The van der Waals surface area contributed by atoms with Crippen LogP contribution in [0, 0.1) is 0 Å². The number of aryl methyl sites for hydroxylation is 1. The van der Waals surface area contributed by atoms with E-state index < -0.39 is 0 Å². The average molecular weight is 330 g/mol. The van der Waals surface area contributed by atoms with E-state index in [2.05, 4.69) is 15.6 Å². The molecule has 0 radical (unpaired) electrons. The van der Waals surface area contributed by atoms with Gasteiger partial charge in [-0.1, -0.05) is 11.6 Å². The Bertz CT molecular complexity index is 515. The van der Waals surface area contributed by atoms with Gasteiger partial charge in [0.2, 0.25) is 5.91 Å². The standard InChI is InChI=1S/C14H24ClN5O2/c1-16-14(18-8-13(21)17-5-6-22-4)20(3)10-12-7-11(15)9-19(12)2/h7,9H,5-6,8,10H2,1-4H3,(H,16,18)(H,17,21). The number of amides is 1. The summed E-state index contributed by atoms with van der Waals surface area (Å²) in [4.78, 5) is 17.8. The number of ether oxygens (including phenoxy) is 1. The van der Waals surface area contributed by atoms with Crippen molar-refractivity contribution in [3.05, 3.63) is 23.0 Å². The third-order valence-electron chi connectivity index (χ3n) is 3.08. The number of hydrogen-bond donors (Lipinski definition) is 2. The van der Waals surface area contributed by atoms with Crippen molar-refractivity contribution in [1.29, 1.82) is 0 Å². The minimum atomic E-state index is -0.103. The Morgan fingerprint density at radius 3 is 2.77 bits per heavy atom. The van der Waals surface area contributed by atoms with Crippen molar-refractivity contribution in [1.82, 2.24) is 20.1 Å². The van der Waals surface area contributed by atoms with Crippen molar-refractivity contribution in [3.8, 4) is 0 Å². The molecule has 0 aromatic carbocycles. The van der Waals surface area contributed by atoms with Crippen LogP contribution in [0.1, 0.15) is 5.69 Å². The lowest BCUT2D eigenvalue weighted by molar-refractivity contribution is -0.120. The SMILES string of the molecule is CN=C(NCC(=O)NCCOC)N(C)Cc1cc(Cl)cn1C. The van der Waals surface area contributed by atoms with Crippen LogP contribution >= 0.6 is 11.6 Å². The zero-order valence-corrected chi connectivity index (χ0v) is 14.3. The Labute approximate surface area is 136 Å². The van der Waals surface area contributed by atoms with Gasteiger partial charge in [-0.15, -0.1) is 0 Å². The third kappa shape index (κ3) is 5.95. The van der Waals surface area contributed by atoms with Gasteiger partial charge < -0.3 is 24.8 Å². The molecular formula is C14H24ClN5O2. The Morgan fingerprint density at radius 2 is 2.23 bits per heavy atom. The van der Waals surface area contributed by atoms with E-state index in [-0.39, 0.29) is 12.5 Å². The maximum absolute atomic E-state index is 11.7. The topological polar surface area (TPSA) is 70.9 Å². The quantitative estimate of drug-likeness (QED) is 0.433. The van der Waals surface area contributed by atoms with Gasteiger partial charge in [-0.05, 0) is 6.07 Å². The van der Waals surface area contributed by atoms with Crippen molar-refractivity contribution >= 4 is 23.5 Å². The number of guanidine groups is 1. The van der Waals surface area contributed by atoms with Gasteiger partial charge in [0.05, 0.1) is 24.7 Å². The summed E-state index contributed by atoms with van der Waals surface area (Å²) < 4.78 is 6.84. The van der Waals surface area contributed by atoms with Crippen LogP contribution in [0.3, 0.4) is 0 Å². The normalized spacial score (nSPS) is 11.4. The first-order valence-electron chi connectivity index (χ1n) is 6.96. The number of carbonyl (C=O) groups is 1. The van der Waals surface area contributed by atoms with Crippen molar-refractivity contribution in [2.45, 2.75) is 6.54 Å². The highest BCUT2D eigenvalue weighted by atomic mass is 35.5. The van der Waals surface area contributed by atoms with Gasteiger partial charge in [-0.3, -0.25) is 9.79 Å². The largest absolute Gasteiger partial charge is 0.383 e. The van der Waals surface area contributed by atoms with Crippen LogP contribution in [0.4, 0.5) is 0 Å². The molecule has 0 spiro atoms. The number of methoxy groups -OCH3 is 1. The van der Waals surface area contributed by atoms with Crippen molar-refractivity contribution < 1.29 is 9.53 Å². The van der Waals surface area contributed by atoms with Gasteiger partial charge in [-0.25, -0.2) is 0 Å². The van der Waals surface area contributed by atoms with E-state index in [9.17, 15) is 4.79 Å². The minimum absolute atomic E-state index is 0.103. The first-order chi connectivity index (χ1) is 10.5. The summed E-state index contributed by atoms with van der Waals surface area (Å²) in [6.45, 7) is 1.78. The molecular weight excluding hydrogens is 306 g/mol. The Kier molecular flexibility index (Phi) is 7.76. The summed E-state index contributed by atoms with van der Waals surface area (Å²) in [5, 5.41) is 6.47. The van der Waals surface area contributed by atoms with Gasteiger partial charge in [-0.2, -0.15) is 0 Å². The van der Waals surface area contributed by atoms with Crippen molar-refractivity contribution in [3.63, 3.8) is 0 Å². The number of aliphatic imine (C=N–C) groups is 1. The summed E-state index contributed by atoms with van der Waals surface area (Å²) in [5.41, 5.74) is 1.06. The van der Waals surface area contributed by atoms with E-state index in [0.717, 1.165) is 5.69 Å². The van der Waals surface area contributed by atoms with E-state index in [1.54, 1.807) is 14.2 Å². The Hall–Kier alpha value is -1.73. The number of rotatable bonds is 7. The van der Waals surface area contributed by atoms with Crippen LogP contribution in [0.15, 0.2) is 17.3 Å². The minimum Gasteiger partial charge on any atom is -0.383 e. The summed E-state index contributed by atoms with van der Waals surface area (Å²) in [5.74, 6) is 0.535.